The van der Waals surface area contributed by atoms with Gasteiger partial charge in [-0.05, 0) is 43.2 Å². The largest absolute Gasteiger partial charge is 0.491 e. The zero-order valence-electron chi connectivity index (χ0n) is 14.0. The van der Waals surface area contributed by atoms with Gasteiger partial charge >= 0.3 is 0 Å². The molecule has 0 atom stereocenters. The van der Waals surface area contributed by atoms with Gasteiger partial charge in [0, 0.05) is 18.1 Å². The summed E-state index contributed by atoms with van der Waals surface area (Å²) in [5.74, 6) is 0.783. The number of carbonyl (C=O) groups is 1. The molecule has 2 rings (SSSR count). The summed E-state index contributed by atoms with van der Waals surface area (Å²) in [5.41, 5.74) is 2.01. The van der Waals surface area contributed by atoms with Crippen LogP contribution in [-0.4, -0.2) is 18.6 Å². The van der Waals surface area contributed by atoms with Crippen LogP contribution in [0.3, 0.4) is 0 Å². The number of benzene rings is 2. The first-order valence-electron chi connectivity index (χ1n) is 8.01. The summed E-state index contributed by atoms with van der Waals surface area (Å²) in [6.07, 6.45) is 0.153. The van der Waals surface area contributed by atoms with Crippen molar-refractivity contribution in [2.75, 3.05) is 6.54 Å². The number of halogens is 1. The molecule has 0 radical (unpaired) electrons. The summed E-state index contributed by atoms with van der Waals surface area (Å²) in [7, 11) is 0. The van der Waals surface area contributed by atoms with Gasteiger partial charge in [-0.2, -0.15) is 0 Å². The molecule has 5 heteroatoms. The van der Waals surface area contributed by atoms with Crippen LogP contribution in [0.25, 0.3) is 0 Å². The lowest BCUT2D eigenvalue weighted by molar-refractivity contribution is -0.120. The molecule has 0 saturated carbocycles. The number of ether oxygens (including phenoxy) is 1. The van der Waals surface area contributed by atoms with Gasteiger partial charge in [-0.1, -0.05) is 41.9 Å². The third-order valence-corrected chi connectivity index (χ3v) is 3.71. The maximum Gasteiger partial charge on any atom is 0.234 e. The summed E-state index contributed by atoms with van der Waals surface area (Å²) in [6.45, 7) is 5.29. The van der Waals surface area contributed by atoms with E-state index in [1.807, 2.05) is 62.4 Å². The third-order valence-electron chi connectivity index (χ3n) is 3.34. The Hall–Kier alpha value is -2.04. The molecule has 0 saturated heterocycles. The summed E-state index contributed by atoms with van der Waals surface area (Å²) in [4.78, 5) is 11.9. The minimum atomic E-state index is -0.0513. The Labute approximate surface area is 148 Å². The van der Waals surface area contributed by atoms with E-state index in [1.54, 1.807) is 0 Å². The number of hydrogen-bond acceptors (Lipinski definition) is 3. The van der Waals surface area contributed by atoms with Gasteiger partial charge in [0.05, 0.1) is 12.6 Å². The van der Waals surface area contributed by atoms with Crippen LogP contribution in [0.1, 0.15) is 25.0 Å². The van der Waals surface area contributed by atoms with Crippen molar-refractivity contribution in [2.24, 2.45) is 0 Å². The van der Waals surface area contributed by atoms with Crippen LogP contribution in [0.4, 0.5) is 0 Å². The zero-order valence-corrected chi connectivity index (χ0v) is 14.8. The molecule has 0 aliphatic heterocycles. The fourth-order valence-electron chi connectivity index (χ4n) is 2.17. The van der Waals surface area contributed by atoms with Crippen LogP contribution in [0.5, 0.6) is 5.75 Å². The molecule has 0 heterocycles. The van der Waals surface area contributed by atoms with Crippen LogP contribution in [0.15, 0.2) is 48.5 Å². The molecule has 128 valence electrons. The molecule has 0 unspecified atom stereocenters. The highest BCUT2D eigenvalue weighted by atomic mass is 35.5. The highest BCUT2D eigenvalue weighted by Crippen LogP contribution is 2.14. The lowest BCUT2D eigenvalue weighted by atomic mass is 10.2. The van der Waals surface area contributed by atoms with Crippen molar-refractivity contribution in [3.8, 4) is 5.75 Å². The highest BCUT2D eigenvalue weighted by Gasteiger charge is 2.03. The first kappa shape index (κ1) is 18.3. The van der Waals surface area contributed by atoms with E-state index in [9.17, 15) is 4.79 Å². The second kappa shape index (κ2) is 9.30. The van der Waals surface area contributed by atoms with Gasteiger partial charge in [0.15, 0.2) is 0 Å². The molecule has 4 nitrogen and oxygen atoms in total. The standard InChI is InChI=1S/C19H23ClN2O2/c1-14(2)24-17-9-7-15(8-10-17)11-22-19(23)13-21-12-16-5-3-4-6-18(16)20/h3-10,14,21H,11-13H2,1-2H3,(H,22,23). The van der Waals surface area contributed by atoms with Gasteiger partial charge in [0.25, 0.3) is 0 Å². The second-order valence-corrected chi connectivity index (χ2v) is 6.19. The van der Waals surface area contributed by atoms with Crippen LogP contribution < -0.4 is 15.4 Å². The molecule has 2 aromatic rings. The molecule has 0 aliphatic rings. The van der Waals surface area contributed by atoms with Crippen molar-refractivity contribution in [3.63, 3.8) is 0 Å². The van der Waals surface area contributed by atoms with E-state index in [4.69, 9.17) is 16.3 Å². The highest BCUT2D eigenvalue weighted by molar-refractivity contribution is 6.31. The third kappa shape index (κ3) is 6.22. The Balaban J connectivity index is 1.70. The van der Waals surface area contributed by atoms with Crippen molar-refractivity contribution in [3.05, 3.63) is 64.7 Å². The molecule has 1 amide bonds. The van der Waals surface area contributed by atoms with Gasteiger partial charge in [-0.25, -0.2) is 0 Å². The number of nitrogens with one attached hydrogen (secondary N) is 2. The first-order valence-corrected chi connectivity index (χ1v) is 8.39. The van der Waals surface area contributed by atoms with E-state index >= 15 is 0 Å². The van der Waals surface area contributed by atoms with E-state index in [1.165, 1.54) is 0 Å². The number of amides is 1. The zero-order chi connectivity index (χ0) is 17.4. The second-order valence-electron chi connectivity index (χ2n) is 5.78. The number of carbonyl (C=O) groups excluding carboxylic acids is 1. The Kier molecular flexibility index (Phi) is 7.09. The minimum Gasteiger partial charge on any atom is -0.491 e. The molecule has 0 spiro atoms. The average Bonchev–Trinajstić information content (AvgIpc) is 2.55. The number of rotatable bonds is 8. The van der Waals surface area contributed by atoms with E-state index in [0.29, 0.717) is 18.1 Å². The van der Waals surface area contributed by atoms with Crippen molar-refractivity contribution in [1.82, 2.24) is 10.6 Å². The molecular weight excluding hydrogens is 324 g/mol. The molecular formula is C19H23ClN2O2. The fourth-order valence-corrected chi connectivity index (χ4v) is 2.38. The molecule has 2 N–H and O–H groups in total. The fraction of sp³-hybridized carbons (Fsp3) is 0.316. The van der Waals surface area contributed by atoms with Crippen LogP contribution in [0.2, 0.25) is 5.02 Å². The van der Waals surface area contributed by atoms with Crippen molar-refractivity contribution in [1.29, 1.82) is 0 Å². The lowest BCUT2D eigenvalue weighted by Crippen LogP contribution is -2.33. The predicted octanol–water partition coefficient (Wildman–Crippen LogP) is 3.53. The maximum atomic E-state index is 11.9. The monoisotopic (exact) mass is 346 g/mol. The van der Waals surface area contributed by atoms with E-state index in [0.717, 1.165) is 16.9 Å². The first-order chi connectivity index (χ1) is 11.5. The smallest absolute Gasteiger partial charge is 0.234 e. The molecule has 0 aliphatic carbocycles. The van der Waals surface area contributed by atoms with Crippen molar-refractivity contribution < 1.29 is 9.53 Å². The lowest BCUT2D eigenvalue weighted by Gasteiger charge is -2.11. The average molecular weight is 347 g/mol. The van der Waals surface area contributed by atoms with E-state index in [2.05, 4.69) is 10.6 Å². The summed E-state index contributed by atoms with van der Waals surface area (Å²) >= 11 is 6.07. The quantitative estimate of drug-likeness (QED) is 0.768. The molecule has 24 heavy (non-hydrogen) atoms. The molecule has 0 bridgehead atoms. The van der Waals surface area contributed by atoms with Gasteiger partial charge < -0.3 is 15.4 Å². The minimum absolute atomic E-state index is 0.0513. The summed E-state index contributed by atoms with van der Waals surface area (Å²) in [5, 5.41) is 6.68. The van der Waals surface area contributed by atoms with Crippen LogP contribution >= 0.6 is 11.6 Å². The Morgan fingerprint density at radius 3 is 2.46 bits per heavy atom. The van der Waals surface area contributed by atoms with Crippen LogP contribution in [-0.2, 0) is 17.9 Å². The topological polar surface area (TPSA) is 50.4 Å². The SMILES string of the molecule is CC(C)Oc1ccc(CNC(=O)CNCc2ccccc2Cl)cc1. The Bertz CT molecular complexity index is 657. The van der Waals surface area contributed by atoms with Gasteiger partial charge in [0.1, 0.15) is 5.75 Å². The normalized spacial score (nSPS) is 10.7. The van der Waals surface area contributed by atoms with E-state index < -0.39 is 0 Å². The van der Waals surface area contributed by atoms with Crippen molar-refractivity contribution >= 4 is 17.5 Å². The maximum absolute atomic E-state index is 11.9. The number of hydrogen-bond donors (Lipinski definition) is 2. The molecule has 2 aromatic carbocycles. The predicted molar refractivity (Wildman–Crippen MR) is 97.2 cm³/mol. The van der Waals surface area contributed by atoms with Gasteiger partial charge in [-0.3, -0.25) is 4.79 Å². The van der Waals surface area contributed by atoms with Crippen molar-refractivity contribution in [2.45, 2.75) is 33.0 Å². The summed E-state index contributed by atoms with van der Waals surface area (Å²) in [6, 6.07) is 15.3. The van der Waals surface area contributed by atoms with Crippen LogP contribution in [0, 0.1) is 0 Å². The van der Waals surface area contributed by atoms with Gasteiger partial charge in [-0.15, -0.1) is 0 Å². The Morgan fingerprint density at radius 2 is 1.79 bits per heavy atom. The molecule has 0 aromatic heterocycles. The Morgan fingerprint density at radius 1 is 1.08 bits per heavy atom. The van der Waals surface area contributed by atoms with Gasteiger partial charge in [0.2, 0.25) is 5.91 Å². The van der Waals surface area contributed by atoms with E-state index in [-0.39, 0.29) is 18.6 Å². The summed E-state index contributed by atoms with van der Waals surface area (Å²) < 4.78 is 5.59. The molecule has 0 fully saturated rings.